The molecule has 0 spiro atoms. The molecule has 1 saturated heterocycles. The van der Waals surface area contributed by atoms with Gasteiger partial charge in [0.1, 0.15) is 0 Å². The van der Waals surface area contributed by atoms with Gasteiger partial charge in [-0.2, -0.15) is 5.10 Å². The van der Waals surface area contributed by atoms with E-state index in [1.807, 2.05) is 30.3 Å². The maximum absolute atomic E-state index is 13.8. The molecule has 4 rings (SSSR count). The van der Waals surface area contributed by atoms with Gasteiger partial charge in [0.2, 0.25) is 5.91 Å². The standard InChI is InChI=1S/C22H27ClN4O/c23-19-8-4-7-18(17-19)22(10-2-1-3-11-22)21(28)27-14-6-13-26(15-16-27)20-9-5-12-24-25-20/h4-5,7-9,12,17H,1-3,6,10-11,13-16H2. The Hall–Kier alpha value is -2.14. The van der Waals surface area contributed by atoms with E-state index in [9.17, 15) is 4.79 Å². The van der Waals surface area contributed by atoms with Gasteiger partial charge in [-0.25, -0.2) is 0 Å². The van der Waals surface area contributed by atoms with Crippen LogP contribution < -0.4 is 4.90 Å². The van der Waals surface area contributed by atoms with Gasteiger partial charge in [-0.15, -0.1) is 5.10 Å². The summed E-state index contributed by atoms with van der Waals surface area (Å²) in [6, 6.07) is 11.8. The highest BCUT2D eigenvalue weighted by atomic mass is 35.5. The Morgan fingerprint density at radius 1 is 0.964 bits per heavy atom. The Bertz CT molecular complexity index is 807. The maximum atomic E-state index is 13.8. The van der Waals surface area contributed by atoms with Crippen molar-refractivity contribution >= 4 is 23.3 Å². The zero-order valence-electron chi connectivity index (χ0n) is 16.2. The summed E-state index contributed by atoms with van der Waals surface area (Å²) in [5.74, 6) is 1.16. The lowest BCUT2D eigenvalue weighted by atomic mass is 9.68. The summed E-state index contributed by atoms with van der Waals surface area (Å²) in [4.78, 5) is 18.1. The van der Waals surface area contributed by atoms with E-state index in [2.05, 4.69) is 26.1 Å². The lowest BCUT2D eigenvalue weighted by Gasteiger charge is -2.40. The molecule has 148 valence electrons. The largest absolute Gasteiger partial charge is 0.353 e. The summed E-state index contributed by atoms with van der Waals surface area (Å²) in [6.45, 7) is 3.19. The van der Waals surface area contributed by atoms with Crippen LogP contribution in [0.5, 0.6) is 0 Å². The van der Waals surface area contributed by atoms with Crippen LogP contribution in [-0.2, 0) is 10.2 Å². The zero-order valence-corrected chi connectivity index (χ0v) is 16.9. The average Bonchev–Trinajstić information content (AvgIpc) is 3.01. The number of carbonyl (C=O) groups is 1. The van der Waals surface area contributed by atoms with Crippen molar-refractivity contribution in [1.82, 2.24) is 15.1 Å². The molecule has 1 amide bonds. The molecule has 6 heteroatoms. The normalized spacial score (nSPS) is 19.9. The first-order chi connectivity index (χ1) is 13.7. The number of aromatic nitrogens is 2. The van der Waals surface area contributed by atoms with Crippen molar-refractivity contribution < 1.29 is 4.79 Å². The monoisotopic (exact) mass is 398 g/mol. The highest BCUT2D eigenvalue weighted by Crippen LogP contribution is 2.42. The number of benzene rings is 1. The smallest absolute Gasteiger partial charge is 0.233 e. The molecule has 0 radical (unpaired) electrons. The van der Waals surface area contributed by atoms with Crippen molar-refractivity contribution in [3.8, 4) is 0 Å². The van der Waals surface area contributed by atoms with Gasteiger partial charge in [0.05, 0.1) is 5.41 Å². The quantitative estimate of drug-likeness (QED) is 0.781. The molecule has 1 aromatic heterocycles. The minimum Gasteiger partial charge on any atom is -0.353 e. The second-order valence-electron chi connectivity index (χ2n) is 7.87. The van der Waals surface area contributed by atoms with Crippen LogP contribution in [0.25, 0.3) is 0 Å². The molecule has 5 nitrogen and oxygen atoms in total. The SMILES string of the molecule is O=C(N1CCCN(c2cccnn2)CC1)C1(c2cccc(Cl)c2)CCCCC1. The third-order valence-corrected chi connectivity index (χ3v) is 6.39. The highest BCUT2D eigenvalue weighted by molar-refractivity contribution is 6.30. The summed E-state index contributed by atoms with van der Waals surface area (Å²) in [7, 11) is 0. The second kappa shape index (κ2) is 8.48. The minimum atomic E-state index is -0.426. The molecule has 1 aliphatic heterocycles. The van der Waals surface area contributed by atoms with Gasteiger partial charge in [-0.3, -0.25) is 4.79 Å². The molecule has 0 atom stereocenters. The molecule has 0 bridgehead atoms. The summed E-state index contributed by atoms with van der Waals surface area (Å²) in [5.41, 5.74) is 0.657. The lowest BCUT2D eigenvalue weighted by Crippen LogP contribution is -2.49. The third-order valence-electron chi connectivity index (χ3n) is 6.16. The molecule has 1 saturated carbocycles. The fourth-order valence-electron chi connectivity index (χ4n) is 4.68. The third kappa shape index (κ3) is 3.86. The van der Waals surface area contributed by atoms with Crippen LogP contribution in [0.1, 0.15) is 44.1 Å². The Balaban J connectivity index is 1.56. The van der Waals surface area contributed by atoms with Crippen LogP contribution in [0.3, 0.4) is 0 Å². The molecule has 0 N–H and O–H groups in total. The van der Waals surface area contributed by atoms with E-state index in [4.69, 9.17) is 11.6 Å². The average molecular weight is 399 g/mol. The van der Waals surface area contributed by atoms with E-state index < -0.39 is 5.41 Å². The van der Waals surface area contributed by atoms with Crippen LogP contribution >= 0.6 is 11.6 Å². The molecular formula is C22H27ClN4O. The zero-order chi connectivity index (χ0) is 19.4. The van der Waals surface area contributed by atoms with Crippen LogP contribution in [0, 0.1) is 0 Å². The fourth-order valence-corrected chi connectivity index (χ4v) is 4.87. The van der Waals surface area contributed by atoms with E-state index in [1.165, 1.54) is 6.42 Å². The lowest BCUT2D eigenvalue weighted by molar-refractivity contribution is -0.138. The first-order valence-electron chi connectivity index (χ1n) is 10.3. The number of nitrogens with zero attached hydrogens (tertiary/aromatic N) is 4. The number of hydrogen-bond donors (Lipinski definition) is 0. The predicted octanol–water partition coefficient (Wildman–Crippen LogP) is 4.07. The van der Waals surface area contributed by atoms with Gasteiger partial charge in [0.15, 0.2) is 5.82 Å². The fraction of sp³-hybridized carbons (Fsp3) is 0.500. The van der Waals surface area contributed by atoms with Crippen LogP contribution in [0.4, 0.5) is 5.82 Å². The Morgan fingerprint density at radius 3 is 2.57 bits per heavy atom. The number of hydrogen-bond acceptors (Lipinski definition) is 4. The second-order valence-corrected chi connectivity index (χ2v) is 8.30. The van der Waals surface area contributed by atoms with Gasteiger partial charge in [-0.1, -0.05) is 43.0 Å². The molecular weight excluding hydrogens is 372 g/mol. The molecule has 2 fully saturated rings. The summed E-state index contributed by atoms with van der Waals surface area (Å²) >= 11 is 6.29. The summed E-state index contributed by atoms with van der Waals surface area (Å²) in [5, 5.41) is 8.93. The van der Waals surface area contributed by atoms with Gasteiger partial charge >= 0.3 is 0 Å². The van der Waals surface area contributed by atoms with E-state index in [-0.39, 0.29) is 5.91 Å². The Labute approximate surface area is 171 Å². The van der Waals surface area contributed by atoms with E-state index >= 15 is 0 Å². The molecule has 1 aliphatic carbocycles. The number of rotatable bonds is 3. The number of anilines is 1. The number of halogens is 1. The molecule has 2 aromatic rings. The molecule has 1 aromatic carbocycles. The van der Waals surface area contributed by atoms with Crippen LogP contribution in [0.2, 0.25) is 5.02 Å². The van der Waals surface area contributed by atoms with Gasteiger partial charge in [-0.05, 0) is 49.1 Å². The first-order valence-corrected chi connectivity index (χ1v) is 10.6. The van der Waals surface area contributed by atoms with E-state index in [1.54, 1.807) is 6.20 Å². The van der Waals surface area contributed by atoms with Crippen molar-refractivity contribution in [2.75, 3.05) is 31.1 Å². The maximum Gasteiger partial charge on any atom is 0.233 e. The molecule has 0 unspecified atom stereocenters. The van der Waals surface area contributed by atoms with Crippen molar-refractivity contribution in [1.29, 1.82) is 0 Å². The Kier molecular flexibility index (Phi) is 5.81. The van der Waals surface area contributed by atoms with Gasteiger partial charge < -0.3 is 9.80 Å². The van der Waals surface area contributed by atoms with Crippen molar-refractivity contribution in [2.24, 2.45) is 0 Å². The summed E-state index contributed by atoms with van der Waals surface area (Å²) in [6.07, 6.45) is 7.85. The topological polar surface area (TPSA) is 49.3 Å². The van der Waals surface area contributed by atoms with E-state index in [0.717, 1.165) is 69.7 Å². The minimum absolute atomic E-state index is 0.274. The first kappa shape index (κ1) is 19.2. The van der Waals surface area contributed by atoms with Gasteiger partial charge in [0, 0.05) is 37.4 Å². The molecule has 2 heterocycles. The van der Waals surface area contributed by atoms with Crippen molar-refractivity contribution in [3.63, 3.8) is 0 Å². The van der Waals surface area contributed by atoms with Crippen LogP contribution in [-0.4, -0.2) is 47.2 Å². The Morgan fingerprint density at radius 2 is 1.82 bits per heavy atom. The molecule has 2 aliphatic rings. The van der Waals surface area contributed by atoms with Crippen molar-refractivity contribution in [3.05, 3.63) is 53.2 Å². The van der Waals surface area contributed by atoms with Crippen LogP contribution in [0.15, 0.2) is 42.6 Å². The van der Waals surface area contributed by atoms with Crippen molar-refractivity contribution in [2.45, 2.75) is 43.9 Å². The van der Waals surface area contributed by atoms with E-state index in [0.29, 0.717) is 5.02 Å². The highest BCUT2D eigenvalue weighted by Gasteiger charge is 2.43. The summed E-state index contributed by atoms with van der Waals surface area (Å²) < 4.78 is 0. The number of carbonyl (C=O) groups excluding carboxylic acids is 1. The predicted molar refractivity (Wildman–Crippen MR) is 112 cm³/mol. The van der Waals surface area contributed by atoms with Gasteiger partial charge in [0.25, 0.3) is 0 Å². The number of amides is 1. The molecule has 28 heavy (non-hydrogen) atoms.